The monoisotopic (exact) mass is 342 g/mol. The molecule has 1 heterocycles. The van der Waals surface area contributed by atoms with Crippen LogP contribution in [0.2, 0.25) is 10.0 Å². The minimum Gasteiger partial charge on any atom is -0.358 e. The maximum atomic E-state index is 12.0. The summed E-state index contributed by atoms with van der Waals surface area (Å²) in [6.45, 7) is 2.26. The summed E-state index contributed by atoms with van der Waals surface area (Å²) >= 11 is 11.8. The van der Waals surface area contributed by atoms with Crippen LogP contribution >= 0.6 is 23.2 Å². The van der Waals surface area contributed by atoms with Crippen LogP contribution in [0.25, 0.3) is 0 Å². The predicted octanol–water partition coefficient (Wildman–Crippen LogP) is 2.84. The number of aromatic nitrogens is 2. The van der Waals surface area contributed by atoms with Gasteiger partial charge in [-0.2, -0.15) is 4.68 Å². The second kappa shape index (κ2) is 6.76. The van der Waals surface area contributed by atoms with Crippen LogP contribution in [0.4, 0.5) is 5.82 Å². The van der Waals surface area contributed by atoms with Crippen LogP contribution in [0, 0.1) is 17.0 Å². The van der Waals surface area contributed by atoms with E-state index < -0.39 is 4.92 Å². The van der Waals surface area contributed by atoms with Crippen LogP contribution in [0.1, 0.15) is 16.1 Å². The van der Waals surface area contributed by atoms with Gasteiger partial charge in [-0.1, -0.05) is 29.3 Å². The van der Waals surface area contributed by atoms with Gasteiger partial charge < -0.3 is 15.4 Å². The maximum absolute atomic E-state index is 12.0. The lowest BCUT2D eigenvalue weighted by molar-refractivity contribution is -0.389. The Kier molecular flexibility index (Phi) is 4.99. The first kappa shape index (κ1) is 16.3. The fourth-order valence-electron chi connectivity index (χ4n) is 1.86. The SMILES string of the molecule is Cc1cc([N+](=O)[O-])nn1CCNC(=O)c1cccc(Cl)c1Cl. The molecule has 2 rings (SSSR count). The van der Waals surface area contributed by atoms with Crippen molar-refractivity contribution < 1.29 is 9.72 Å². The predicted molar refractivity (Wildman–Crippen MR) is 82.4 cm³/mol. The molecule has 9 heteroatoms. The van der Waals surface area contributed by atoms with Gasteiger partial charge in [0, 0.05) is 6.54 Å². The van der Waals surface area contributed by atoms with Gasteiger partial charge in [0.25, 0.3) is 5.91 Å². The number of benzene rings is 1. The van der Waals surface area contributed by atoms with Gasteiger partial charge in [0.1, 0.15) is 0 Å². The highest BCUT2D eigenvalue weighted by Crippen LogP contribution is 2.25. The van der Waals surface area contributed by atoms with E-state index in [1.54, 1.807) is 25.1 Å². The van der Waals surface area contributed by atoms with Crippen molar-refractivity contribution in [3.8, 4) is 0 Å². The fraction of sp³-hybridized carbons (Fsp3) is 0.231. The summed E-state index contributed by atoms with van der Waals surface area (Å²) in [7, 11) is 0. The highest BCUT2D eigenvalue weighted by atomic mass is 35.5. The van der Waals surface area contributed by atoms with Crippen LogP contribution in [-0.2, 0) is 6.54 Å². The minimum absolute atomic E-state index is 0.188. The smallest absolute Gasteiger partial charge is 0.358 e. The summed E-state index contributed by atoms with van der Waals surface area (Å²) in [4.78, 5) is 22.1. The van der Waals surface area contributed by atoms with Crippen molar-refractivity contribution >= 4 is 34.9 Å². The first-order chi connectivity index (χ1) is 10.4. The Hall–Kier alpha value is -2.12. The number of hydrogen-bond donors (Lipinski definition) is 1. The average molecular weight is 343 g/mol. The Bertz CT molecular complexity index is 730. The van der Waals surface area contributed by atoms with Crippen molar-refractivity contribution in [2.75, 3.05) is 6.54 Å². The van der Waals surface area contributed by atoms with Gasteiger partial charge in [-0.3, -0.25) is 4.79 Å². The van der Waals surface area contributed by atoms with E-state index >= 15 is 0 Å². The maximum Gasteiger partial charge on any atom is 0.390 e. The second-order valence-corrected chi connectivity index (χ2v) is 5.27. The van der Waals surface area contributed by atoms with Gasteiger partial charge in [0.2, 0.25) is 0 Å². The van der Waals surface area contributed by atoms with Crippen LogP contribution in [0.3, 0.4) is 0 Å². The number of nitrogens with one attached hydrogen (secondary N) is 1. The zero-order chi connectivity index (χ0) is 16.3. The standard InChI is InChI=1S/C13H12Cl2N4O3/c1-8-7-11(19(21)22)17-18(8)6-5-16-13(20)9-3-2-4-10(14)12(9)15/h2-4,7H,5-6H2,1H3,(H,16,20). The zero-order valence-corrected chi connectivity index (χ0v) is 13.1. The summed E-state index contributed by atoms with van der Waals surface area (Å²) in [5.74, 6) is -0.589. The molecule has 1 amide bonds. The molecule has 2 aromatic rings. The Morgan fingerprint density at radius 2 is 2.18 bits per heavy atom. The van der Waals surface area contributed by atoms with E-state index in [-0.39, 0.29) is 28.9 Å². The molecule has 0 saturated carbocycles. The van der Waals surface area contributed by atoms with E-state index in [0.717, 1.165) is 0 Å². The third-order valence-corrected chi connectivity index (χ3v) is 3.78. The summed E-state index contributed by atoms with van der Waals surface area (Å²) in [6.07, 6.45) is 0. The summed E-state index contributed by atoms with van der Waals surface area (Å²) < 4.78 is 1.46. The lowest BCUT2D eigenvalue weighted by Gasteiger charge is -2.07. The highest BCUT2D eigenvalue weighted by molar-refractivity contribution is 6.43. The Morgan fingerprint density at radius 1 is 1.45 bits per heavy atom. The lowest BCUT2D eigenvalue weighted by Crippen LogP contribution is -2.28. The molecule has 0 aliphatic heterocycles. The molecule has 116 valence electrons. The van der Waals surface area contributed by atoms with E-state index in [4.69, 9.17) is 23.2 Å². The highest BCUT2D eigenvalue weighted by Gasteiger charge is 2.16. The molecular weight excluding hydrogens is 331 g/mol. The number of rotatable bonds is 5. The van der Waals surface area contributed by atoms with Gasteiger partial charge in [0.05, 0.1) is 39.0 Å². The third kappa shape index (κ3) is 3.55. The topological polar surface area (TPSA) is 90.1 Å². The molecule has 0 atom stereocenters. The number of aryl methyl sites for hydroxylation is 1. The van der Waals surface area contributed by atoms with Gasteiger partial charge >= 0.3 is 5.82 Å². The number of carbonyl (C=O) groups excluding carboxylic acids is 1. The molecule has 22 heavy (non-hydrogen) atoms. The van der Waals surface area contributed by atoms with E-state index in [0.29, 0.717) is 17.3 Å². The summed E-state index contributed by atoms with van der Waals surface area (Å²) in [6, 6.07) is 6.15. The lowest BCUT2D eigenvalue weighted by atomic mass is 10.2. The number of nitro groups is 1. The average Bonchev–Trinajstić information content (AvgIpc) is 2.83. The molecule has 7 nitrogen and oxygen atoms in total. The van der Waals surface area contributed by atoms with Gasteiger partial charge in [-0.15, -0.1) is 0 Å². The van der Waals surface area contributed by atoms with Crippen molar-refractivity contribution in [1.29, 1.82) is 0 Å². The molecule has 0 radical (unpaired) electrons. The van der Waals surface area contributed by atoms with Crippen molar-refractivity contribution in [3.63, 3.8) is 0 Å². The minimum atomic E-state index is -0.562. The Morgan fingerprint density at radius 3 is 2.82 bits per heavy atom. The molecule has 0 fully saturated rings. The first-order valence-corrected chi connectivity index (χ1v) is 7.07. The Labute approximate surface area is 136 Å². The van der Waals surface area contributed by atoms with Crippen molar-refractivity contribution in [3.05, 3.63) is 55.7 Å². The molecule has 0 saturated heterocycles. The number of hydrogen-bond acceptors (Lipinski definition) is 4. The quantitative estimate of drug-likeness (QED) is 0.668. The molecule has 1 N–H and O–H groups in total. The Balaban J connectivity index is 1.98. The van der Waals surface area contributed by atoms with E-state index in [1.807, 2.05) is 0 Å². The second-order valence-electron chi connectivity index (χ2n) is 4.48. The molecule has 0 aliphatic carbocycles. The zero-order valence-electron chi connectivity index (χ0n) is 11.5. The van der Waals surface area contributed by atoms with Crippen LogP contribution in [-0.4, -0.2) is 27.2 Å². The van der Waals surface area contributed by atoms with Gasteiger partial charge in [0.15, 0.2) is 0 Å². The summed E-state index contributed by atoms with van der Waals surface area (Å²) in [5, 5.41) is 17.6. The number of nitrogens with zero attached hydrogens (tertiary/aromatic N) is 3. The van der Waals surface area contributed by atoms with Gasteiger partial charge in [-0.05, 0) is 24.0 Å². The number of carbonyl (C=O) groups is 1. The third-order valence-electron chi connectivity index (χ3n) is 2.96. The van der Waals surface area contributed by atoms with Crippen LogP contribution in [0.5, 0.6) is 0 Å². The number of halogens is 2. The molecule has 1 aromatic heterocycles. The van der Waals surface area contributed by atoms with Crippen molar-refractivity contribution in [2.45, 2.75) is 13.5 Å². The molecular formula is C13H12Cl2N4O3. The van der Waals surface area contributed by atoms with Crippen LogP contribution in [0.15, 0.2) is 24.3 Å². The summed E-state index contributed by atoms with van der Waals surface area (Å²) in [5.41, 5.74) is 0.916. The van der Waals surface area contributed by atoms with Crippen LogP contribution < -0.4 is 5.32 Å². The van der Waals surface area contributed by atoms with Gasteiger partial charge in [-0.25, -0.2) is 0 Å². The van der Waals surface area contributed by atoms with Crippen molar-refractivity contribution in [2.24, 2.45) is 0 Å². The fourth-order valence-corrected chi connectivity index (χ4v) is 2.24. The molecule has 0 unspecified atom stereocenters. The van der Waals surface area contributed by atoms with E-state index in [1.165, 1.54) is 10.7 Å². The van der Waals surface area contributed by atoms with E-state index in [2.05, 4.69) is 10.4 Å². The van der Waals surface area contributed by atoms with Crippen molar-refractivity contribution in [1.82, 2.24) is 15.1 Å². The molecule has 0 spiro atoms. The molecule has 0 bridgehead atoms. The van der Waals surface area contributed by atoms with E-state index in [9.17, 15) is 14.9 Å². The molecule has 1 aromatic carbocycles. The first-order valence-electron chi connectivity index (χ1n) is 6.31. The molecule has 0 aliphatic rings. The number of amides is 1. The largest absolute Gasteiger partial charge is 0.390 e. The normalized spacial score (nSPS) is 10.5.